The molecule has 62 heavy (non-hydrogen) atoms. The van der Waals surface area contributed by atoms with Gasteiger partial charge >= 0.3 is 0 Å². The molecule has 9 rings (SSSR count). The van der Waals surface area contributed by atoms with Crippen LogP contribution in [0.5, 0.6) is 0 Å². The molecular formula is C56H44O4P2. The molecule has 0 aliphatic heterocycles. The molecule has 0 saturated heterocycles. The lowest BCUT2D eigenvalue weighted by Crippen LogP contribution is -2.38. The summed E-state index contributed by atoms with van der Waals surface area (Å²) in [5, 5.41) is 31.6. The van der Waals surface area contributed by atoms with Gasteiger partial charge in [0.1, 0.15) is 57.0 Å². The van der Waals surface area contributed by atoms with Crippen molar-refractivity contribution in [2.24, 2.45) is 0 Å². The molecule has 9 aromatic rings. The molecule has 4 nitrogen and oxygen atoms in total. The number of hydrogen-bond donors (Lipinski definition) is 0. The monoisotopic (exact) mass is 842 g/mol. The molecule has 0 radical (unpaired) electrons. The molecule has 0 aliphatic rings. The highest BCUT2D eigenvalue weighted by Gasteiger charge is 2.48. The molecule has 0 bridgehead atoms. The second kappa shape index (κ2) is 20.8. The first-order valence-electron chi connectivity index (χ1n) is 20.2. The van der Waals surface area contributed by atoms with E-state index in [4.69, 9.17) is 0 Å². The van der Waals surface area contributed by atoms with Crippen molar-refractivity contribution in [3.63, 3.8) is 0 Å². The SMILES string of the molecule is O=C([O-])c1cccc(C(=O)[O-])c1.c1ccc([P+](c2ccccc2)(c2ccccc2)c2ccccc2)cc1.c1ccc([P+](c2ccccc2)(c2ccccc2)c2ccccc2)cc1. The molecular weight excluding hydrogens is 799 g/mol. The van der Waals surface area contributed by atoms with Crippen LogP contribution in [0.3, 0.4) is 0 Å². The standard InChI is InChI=1S/2C24H20P.C8H6O4/c2*1-5-13-21(14-6-1)25(22-15-7-2-8-16-22,23-17-9-3-10-18-23)24-19-11-4-12-20-24;9-7(10)5-2-1-3-6(4-5)8(11)12/h2*1-20H;1-4H,(H,9,10)(H,11,12)/q2*+1;/p-2. The summed E-state index contributed by atoms with van der Waals surface area (Å²) >= 11 is 0. The molecule has 0 aliphatic carbocycles. The van der Waals surface area contributed by atoms with E-state index in [1.165, 1.54) is 60.6 Å². The van der Waals surface area contributed by atoms with Crippen LogP contribution in [0.1, 0.15) is 20.7 Å². The van der Waals surface area contributed by atoms with E-state index in [0.29, 0.717) is 0 Å². The van der Waals surface area contributed by atoms with Crippen molar-refractivity contribution in [2.75, 3.05) is 0 Å². The number of carbonyl (C=O) groups is 2. The van der Waals surface area contributed by atoms with Gasteiger partial charge in [0.25, 0.3) is 0 Å². The van der Waals surface area contributed by atoms with E-state index in [1.807, 2.05) is 0 Å². The van der Waals surface area contributed by atoms with Gasteiger partial charge in [-0.3, -0.25) is 0 Å². The Morgan fingerprint density at radius 3 is 0.548 bits per heavy atom. The maximum atomic E-state index is 10.3. The van der Waals surface area contributed by atoms with Crippen LogP contribution in [0.4, 0.5) is 0 Å². The van der Waals surface area contributed by atoms with E-state index in [2.05, 4.69) is 243 Å². The highest BCUT2D eigenvalue weighted by molar-refractivity contribution is 8.02. The number of carboxylic acid groups (broad SMARTS) is 2. The van der Waals surface area contributed by atoms with Crippen LogP contribution in [0.15, 0.2) is 267 Å². The van der Waals surface area contributed by atoms with Crippen molar-refractivity contribution >= 4 is 68.9 Å². The molecule has 0 saturated carbocycles. The molecule has 0 fully saturated rings. The van der Waals surface area contributed by atoms with Crippen molar-refractivity contribution in [2.45, 2.75) is 0 Å². The molecule has 6 heteroatoms. The fraction of sp³-hybridized carbons (Fsp3) is 0. The van der Waals surface area contributed by atoms with Crippen LogP contribution < -0.4 is 52.6 Å². The molecule has 302 valence electrons. The Morgan fingerprint density at radius 2 is 0.403 bits per heavy atom. The Morgan fingerprint density at radius 1 is 0.242 bits per heavy atom. The van der Waals surface area contributed by atoms with Gasteiger partial charge in [-0.25, -0.2) is 0 Å². The van der Waals surface area contributed by atoms with Crippen molar-refractivity contribution in [1.82, 2.24) is 0 Å². The zero-order valence-electron chi connectivity index (χ0n) is 33.9. The smallest absolute Gasteiger partial charge is 0.144 e. The largest absolute Gasteiger partial charge is 0.545 e. The molecule has 9 aromatic carbocycles. The highest BCUT2D eigenvalue weighted by atomic mass is 31.2. The first kappa shape index (κ1) is 42.9. The van der Waals surface area contributed by atoms with Gasteiger partial charge in [-0.05, 0) is 114 Å². The Balaban J connectivity index is 0.000000149. The number of aromatic carboxylic acids is 2. The molecule has 0 heterocycles. The molecule has 0 amide bonds. The summed E-state index contributed by atoms with van der Waals surface area (Å²) in [7, 11) is -3.81. The van der Waals surface area contributed by atoms with Crippen molar-refractivity contribution < 1.29 is 19.8 Å². The Bertz CT molecular complexity index is 2240. The molecule has 0 spiro atoms. The van der Waals surface area contributed by atoms with Crippen LogP contribution in [-0.2, 0) is 0 Å². The lowest BCUT2D eigenvalue weighted by molar-refractivity contribution is -0.255. The summed E-state index contributed by atoms with van der Waals surface area (Å²) in [6, 6.07) is 92.5. The number of carbonyl (C=O) groups excluding carboxylic acids is 2. The van der Waals surface area contributed by atoms with E-state index < -0.39 is 26.5 Å². The van der Waals surface area contributed by atoms with Gasteiger partial charge < -0.3 is 19.8 Å². The maximum absolute atomic E-state index is 10.3. The average Bonchev–Trinajstić information content (AvgIpc) is 3.35. The van der Waals surface area contributed by atoms with E-state index in [1.54, 1.807) is 0 Å². The molecule has 0 atom stereocenters. The predicted octanol–water partition coefficient (Wildman–Crippen LogP) is 7.03. The van der Waals surface area contributed by atoms with Gasteiger partial charge in [0.2, 0.25) is 0 Å². The third-order valence-electron chi connectivity index (χ3n) is 10.5. The third kappa shape index (κ3) is 9.39. The van der Waals surface area contributed by atoms with Gasteiger partial charge in [0.05, 0.1) is 11.9 Å². The quantitative estimate of drug-likeness (QED) is 0.139. The van der Waals surface area contributed by atoms with Crippen molar-refractivity contribution in [3.8, 4) is 0 Å². The lowest BCUT2D eigenvalue weighted by Gasteiger charge is -2.27. The minimum absolute atomic E-state index is 0.170. The van der Waals surface area contributed by atoms with E-state index >= 15 is 0 Å². The van der Waals surface area contributed by atoms with E-state index in [9.17, 15) is 19.8 Å². The van der Waals surface area contributed by atoms with Gasteiger partial charge in [-0.2, -0.15) is 0 Å². The predicted molar refractivity (Wildman–Crippen MR) is 258 cm³/mol. The number of carboxylic acids is 2. The fourth-order valence-corrected chi connectivity index (χ4v) is 16.3. The zero-order valence-corrected chi connectivity index (χ0v) is 35.7. The second-order valence-corrected chi connectivity index (χ2v) is 21.0. The van der Waals surface area contributed by atoms with Gasteiger partial charge in [-0.1, -0.05) is 164 Å². The van der Waals surface area contributed by atoms with Crippen LogP contribution >= 0.6 is 14.5 Å². The molecule has 0 N–H and O–H groups in total. The van der Waals surface area contributed by atoms with E-state index in [-0.39, 0.29) is 11.1 Å². The topological polar surface area (TPSA) is 80.3 Å². The third-order valence-corrected chi connectivity index (χ3v) is 19.1. The average molecular weight is 843 g/mol. The minimum atomic E-state index is -1.91. The first-order chi connectivity index (χ1) is 30.5. The van der Waals surface area contributed by atoms with Crippen molar-refractivity contribution in [1.29, 1.82) is 0 Å². The number of hydrogen-bond acceptors (Lipinski definition) is 4. The summed E-state index contributed by atoms with van der Waals surface area (Å²) in [6.45, 7) is 0. The summed E-state index contributed by atoms with van der Waals surface area (Å²) < 4.78 is 0. The Hall–Kier alpha value is -7.22. The van der Waals surface area contributed by atoms with Crippen LogP contribution in [-0.4, -0.2) is 11.9 Å². The van der Waals surface area contributed by atoms with Gasteiger partial charge in [0.15, 0.2) is 0 Å². The summed E-state index contributed by atoms with van der Waals surface area (Å²) in [5.74, 6) is -2.81. The Labute approximate surface area is 365 Å². The lowest BCUT2D eigenvalue weighted by atomic mass is 10.1. The van der Waals surface area contributed by atoms with Crippen molar-refractivity contribution in [3.05, 3.63) is 278 Å². The summed E-state index contributed by atoms with van der Waals surface area (Å²) in [5.41, 5.74) is -0.339. The zero-order chi connectivity index (χ0) is 43.0. The van der Waals surface area contributed by atoms with E-state index in [0.717, 1.165) is 6.07 Å². The fourth-order valence-electron chi connectivity index (χ4n) is 7.77. The Kier molecular flexibility index (Phi) is 14.4. The van der Waals surface area contributed by atoms with Crippen LogP contribution in [0.2, 0.25) is 0 Å². The normalized spacial score (nSPS) is 10.8. The van der Waals surface area contributed by atoms with Crippen LogP contribution in [0.25, 0.3) is 0 Å². The molecule has 0 unspecified atom stereocenters. The number of rotatable bonds is 10. The minimum Gasteiger partial charge on any atom is -0.545 e. The molecule has 0 aromatic heterocycles. The number of benzene rings is 9. The second-order valence-electron chi connectivity index (χ2n) is 14.2. The summed E-state index contributed by atoms with van der Waals surface area (Å²) in [6.07, 6.45) is 0. The first-order valence-corrected chi connectivity index (χ1v) is 23.8. The summed E-state index contributed by atoms with van der Waals surface area (Å²) in [4.78, 5) is 20.5. The van der Waals surface area contributed by atoms with Gasteiger partial charge in [0, 0.05) is 0 Å². The van der Waals surface area contributed by atoms with Crippen LogP contribution in [0, 0.1) is 0 Å². The maximum Gasteiger partial charge on any atom is 0.144 e. The van der Waals surface area contributed by atoms with Gasteiger partial charge in [-0.15, -0.1) is 0 Å². The highest BCUT2D eigenvalue weighted by Crippen LogP contribution is 2.55.